The van der Waals surface area contributed by atoms with Gasteiger partial charge in [0.05, 0.1) is 19.8 Å². The van der Waals surface area contributed by atoms with Gasteiger partial charge in [-0.2, -0.15) is 0 Å². The van der Waals surface area contributed by atoms with E-state index in [2.05, 4.69) is 0 Å². The second kappa shape index (κ2) is 7.72. The van der Waals surface area contributed by atoms with Crippen molar-refractivity contribution < 1.29 is 19.4 Å². The number of hydrogen-bond donors (Lipinski definition) is 1. The zero-order valence-electron chi connectivity index (χ0n) is 13.3. The minimum absolute atomic E-state index is 0.129. The predicted octanol–water partition coefficient (Wildman–Crippen LogP) is 1.97. The quantitative estimate of drug-likeness (QED) is 0.834. The first-order valence-corrected chi connectivity index (χ1v) is 7.78. The van der Waals surface area contributed by atoms with Gasteiger partial charge in [0.1, 0.15) is 5.54 Å². The molecule has 0 aromatic heterocycles. The molecule has 1 heterocycles. The van der Waals surface area contributed by atoms with Crippen molar-refractivity contribution in [3.8, 4) is 0 Å². The Morgan fingerprint density at radius 1 is 1.36 bits per heavy atom. The summed E-state index contributed by atoms with van der Waals surface area (Å²) in [5, 5.41) is 10.2. The van der Waals surface area contributed by atoms with Gasteiger partial charge in [-0.1, -0.05) is 37.3 Å². The molecule has 0 radical (unpaired) electrons. The highest BCUT2D eigenvalue weighted by atomic mass is 16.5. The van der Waals surface area contributed by atoms with Gasteiger partial charge in [0.25, 0.3) is 0 Å². The van der Waals surface area contributed by atoms with Crippen LogP contribution in [0.4, 0.5) is 0 Å². The first kappa shape index (κ1) is 16.9. The van der Waals surface area contributed by atoms with Gasteiger partial charge in [-0.05, 0) is 12.0 Å². The van der Waals surface area contributed by atoms with Crippen LogP contribution in [0, 0.1) is 5.92 Å². The minimum atomic E-state index is -1.07. The van der Waals surface area contributed by atoms with Crippen molar-refractivity contribution in [3.63, 3.8) is 0 Å². The van der Waals surface area contributed by atoms with Crippen molar-refractivity contribution in [2.45, 2.75) is 18.9 Å². The molecule has 2 atom stereocenters. The fraction of sp³-hybridized carbons (Fsp3) is 0.588. The molecule has 0 bridgehead atoms. The molecule has 1 aromatic carbocycles. The van der Waals surface area contributed by atoms with Crippen molar-refractivity contribution in [1.29, 1.82) is 0 Å². The summed E-state index contributed by atoms with van der Waals surface area (Å²) < 4.78 is 10.8. The molecule has 1 N–H and O–H groups in total. The van der Waals surface area contributed by atoms with Crippen molar-refractivity contribution in [2.75, 3.05) is 40.0 Å². The summed E-state index contributed by atoms with van der Waals surface area (Å²) in [6, 6.07) is 9.51. The normalized spacial score (nSPS) is 20.3. The zero-order chi connectivity index (χ0) is 16.0. The third kappa shape index (κ3) is 3.02. The molecule has 5 heteroatoms. The van der Waals surface area contributed by atoms with Crippen LogP contribution in [0.3, 0.4) is 0 Å². The maximum Gasteiger partial charge on any atom is 0.329 e. The molecular formula is C17H25NO4. The summed E-state index contributed by atoms with van der Waals surface area (Å²) in [6.07, 6.45) is 0.729. The van der Waals surface area contributed by atoms with E-state index in [0.717, 1.165) is 12.0 Å². The van der Waals surface area contributed by atoms with E-state index in [1.807, 2.05) is 42.2 Å². The van der Waals surface area contributed by atoms with E-state index < -0.39 is 11.5 Å². The SMILES string of the molecule is CCC(COC)C(C(=O)O)(c1ccccc1)N1CCOCC1. The summed E-state index contributed by atoms with van der Waals surface area (Å²) in [5.74, 6) is -0.944. The third-order valence-electron chi connectivity index (χ3n) is 4.50. The van der Waals surface area contributed by atoms with Crippen LogP contribution in [-0.2, 0) is 19.8 Å². The fourth-order valence-corrected chi connectivity index (χ4v) is 3.45. The van der Waals surface area contributed by atoms with E-state index in [9.17, 15) is 9.90 Å². The molecule has 5 nitrogen and oxygen atoms in total. The molecule has 0 aliphatic carbocycles. The lowest BCUT2D eigenvalue weighted by Crippen LogP contribution is -2.60. The summed E-state index contributed by atoms with van der Waals surface area (Å²) in [5.41, 5.74) is -0.260. The summed E-state index contributed by atoms with van der Waals surface area (Å²) in [4.78, 5) is 14.5. The number of morpholine rings is 1. The number of nitrogens with zero attached hydrogens (tertiary/aromatic N) is 1. The van der Waals surface area contributed by atoms with Gasteiger partial charge in [-0.3, -0.25) is 4.90 Å². The molecular weight excluding hydrogens is 282 g/mol. The number of aliphatic carboxylic acids is 1. The second-order valence-electron chi connectivity index (χ2n) is 5.60. The molecule has 1 fully saturated rings. The molecule has 22 heavy (non-hydrogen) atoms. The fourth-order valence-electron chi connectivity index (χ4n) is 3.45. The minimum Gasteiger partial charge on any atom is -0.480 e. The molecule has 2 rings (SSSR count). The van der Waals surface area contributed by atoms with Crippen molar-refractivity contribution in [3.05, 3.63) is 35.9 Å². The number of ether oxygens (including phenoxy) is 2. The number of methoxy groups -OCH3 is 1. The largest absolute Gasteiger partial charge is 0.480 e. The Morgan fingerprint density at radius 2 is 2.00 bits per heavy atom. The Balaban J connectivity index is 2.55. The van der Waals surface area contributed by atoms with E-state index >= 15 is 0 Å². The highest BCUT2D eigenvalue weighted by Gasteiger charge is 2.51. The monoisotopic (exact) mass is 307 g/mol. The Kier molecular flexibility index (Phi) is 5.94. The van der Waals surface area contributed by atoms with Gasteiger partial charge in [0, 0.05) is 26.1 Å². The van der Waals surface area contributed by atoms with Gasteiger partial charge >= 0.3 is 5.97 Å². The molecule has 122 valence electrons. The number of benzene rings is 1. The average Bonchev–Trinajstić information content (AvgIpc) is 2.56. The first-order valence-electron chi connectivity index (χ1n) is 7.78. The molecule has 0 amide bonds. The smallest absolute Gasteiger partial charge is 0.329 e. The van der Waals surface area contributed by atoms with Gasteiger partial charge in [-0.15, -0.1) is 0 Å². The standard InChI is InChI=1S/C17H25NO4/c1-3-14(13-21-2)17(16(19)20,15-7-5-4-6-8-15)18-9-11-22-12-10-18/h4-8,14H,3,9-13H2,1-2H3,(H,19,20). The highest BCUT2D eigenvalue weighted by molar-refractivity contribution is 5.81. The topological polar surface area (TPSA) is 59.0 Å². The summed E-state index contributed by atoms with van der Waals surface area (Å²) in [6.45, 7) is 4.78. The molecule has 1 aliphatic rings. The molecule has 0 spiro atoms. The molecule has 2 unspecified atom stereocenters. The Bertz CT molecular complexity index is 466. The Labute approximate surface area is 131 Å². The predicted molar refractivity (Wildman–Crippen MR) is 83.8 cm³/mol. The van der Waals surface area contributed by atoms with E-state index in [-0.39, 0.29) is 5.92 Å². The first-order chi connectivity index (χ1) is 10.7. The zero-order valence-corrected chi connectivity index (χ0v) is 13.3. The van der Waals surface area contributed by atoms with Gasteiger partial charge in [0.15, 0.2) is 0 Å². The van der Waals surface area contributed by atoms with E-state index in [4.69, 9.17) is 9.47 Å². The lowest BCUT2D eigenvalue weighted by Gasteiger charge is -2.47. The van der Waals surface area contributed by atoms with Crippen molar-refractivity contribution in [1.82, 2.24) is 4.90 Å². The summed E-state index contributed by atoms with van der Waals surface area (Å²) >= 11 is 0. The molecule has 1 aliphatic heterocycles. The number of carbonyl (C=O) groups is 1. The highest BCUT2D eigenvalue weighted by Crippen LogP contribution is 2.39. The number of rotatable bonds is 7. The van der Waals surface area contributed by atoms with E-state index in [1.165, 1.54) is 0 Å². The second-order valence-corrected chi connectivity index (χ2v) is 5.60. The number of hydrogen-bond acceptors (Lipinski definition) is 4. The summed E-state index contributed by atoms with van der Waals surface area (Å²) in [7, 11) is 1.62. The van der Waals surface area contributed by atoms with Crippen LogP contribution in [0.1, 0.15) is 18.9 Å². The number of carboxylic acid groups (broad SMARTS) is 1. The van der Waals surface area contributed by atoms with Gasteiger partial charge in [0.2, 0.25) is 0 Å². The molecule has 1 aromatic rings. The average molecular weight is 307 g/mol. The van der Waals surface area contributed by atoms with Crippen molar-refractivity contribution in [2.24, 2.45) is 5.92 Å². The van der Waals surface area contributed by atoms with Crippen LogP contribution >= 0.6 is 0 Å². The lowest BCUT2D eigenvalue weighted by atomic mass is 9.75. The van der Waals surface area contributed by atoms with Crippen LogP contribution in [0.15, 0.2) is 30.3 Å². The molecule has 0 saturated carbocycles. The maximum absolute atomic E-state index is 12.5. The van der Waals surface area contributed by atoms with Gasteiger partial charge < -0.3 is 14.6 Å². The third-order valence-corrected chi connectivity index (χ3v) is 4.50. The lowest BCUT2D eigenvalue weighted by molar-refractivity contribution is -0.164. The van der Waals surface area contributed by atoms with E-state index in [1.54, 1.807) is 7.11 Å². The van der Waals surface area contributed by atoms with Crippen LogP contribution < -0.4 is 0 Å². The Hall–Kier alpha value is -1.43. The van der Waals surface area contributed by atoms with Gasteiger partial charge in [-0.25, -0.2) is 4.79 Å². The molecule has 1 saturated heterocycles. The van der Waals surface area contributed by atoms with Crippen LogP contribution in [-0.4, -0.2) is 56.0 Å². The maximum atomic E-state index is 12.5. The van der Waals surface area contributed by atoms with E-state index in [0.29, 0.717) is 32.9 Å². The van der Waals surface area contributed by atoms with Crippen LogP contribution in [0.25, 0.3) is 0 Å². The van der Waals surface area contributed by atoms with Crippen molar-refractivity contribution >= 4 is 5.97 Å². The van der Waals surface area contributed by atoms with Crippen LogP contribution in [0.2, 0.25) is 0 Å². The Morgan fingerprint density at radius 3 is 2.50 bits per heavy atom. The number of carboxylic acids is 1. The van der Waals surface area contributed by atoms with Crippen LogP contribution in [0.5, 0.6) is 0 Å².